The summed E-state index contributed by atoms with van der Waals surface area (Å²) in [6.45, 7) is 4.13. The Balaban J connectivity index is 1.73. The van der Waals surface area contributed by atoms with Gasteiger partial charge in [0.15, 0.2) is 5.13 Å². The zero-order valence-electron chi connectivity index (χ0n) is 14.1. The Kier molecular flexibility index (Phi) is 5.47. The largest absolute Gasteiger partial charge is 0.378 e. The number of aromatic nitrogens is 3. The zero-order valence-corrected chi connectivity index (χ0v) is 14.9. The molecule has 1 atom stereocenters. The number of piperidine rings is 1. The fourth-order valence-corrected chi connectivity index (χ4v) is 3.76. The maximum Gasteiger partial charge on any atom is 0.324 e. The van der Waals surface area contributed by atoms with Gasteiger partial charge in [-0.15, -0.1) is 11.3 Å². The number of likely N-dealkylation sites (tertiary alicyclic amines) is 1. The summed E-state index contributed by atoms with van der Waals surface area (Å²) in [5.41, 5.74) is 0.828. The van der Waals surface area contributed by atoms with Gasteiger partial charge in [0, 0.05) is 38.0 Å². The van der Waals surface area contributed by atoms with E-state index in [9.17, 15) is 4.79 Å². The van der Waals surface area contributed by atoms with Crippen molar-refractivity contribution in [1.82, 2.24) is 19.4 Å². The van der Waals surface area contributed by atoms with E-state index in [2.05, 4.69) is 26.8 Å². The van der Waals surface area contributed by atoms with Gasteiger partial charge in [0.05, 0.1) is 18.3 Å². The number of nitrogens with one attached hydrogen (secondary N) is 1. The molecule has 1 aliphatic rings. The van der Waals surface area contributed by atoms with Crippen molar-refractivity contribution in [2.75, 3.05) is 19.0 Å². The fourth-order valence-electron chi connectivity index (χ4n) is 3.07. The summed E-state index contributed by atoms with van der Waals surface area (Å²) in [5, 5.41) is 5.43. The Labute approximate surface area is 145 Å². The number of carbonyl (C=O) groups excluding carboxylic acids is 1. The summed E-state index contributed by atoms with van der Waals surface area (Å²) < 4.78 is 7.17. The number of imidazole rings is 1. The number of urea groups is 1. The van der Waals surface area contributed by atoms with Crippen molar-refractivity contribution in [1.29, 1.82) is 0 Å². The maximum absolute atomic E-state index is 12.8. The van der Waals surface area contributed by atoms with Gasteiger partial charge in [0.25, 0.3) is 0 Å². The van der Waals surface area contributed by atoms with E-state index in [0.717, 1.165) is 43.9 Å². The van der Waals surface area contributed by atoms with Crippen LogP contribution in [0.25, 0.3) is 0 Å². The molecule has 0 radical (unpaired) electrons. The normalized spacial score (nSPS) is 17.9. The van der Waals surface area contributed by atoms with Gasteiger partial charge in [-0.3, -0.25) is 5.32 Å². The molecule has 0 aromatic carbocycles. The van der Waals surface area contributed by atoms with E-state index in [0.29, 0.717) is 11.7 Å². The van der Waals surface area contributed by atoms with Crippen LogP contribution < -0.4 is 5.32 Å². The first-order chi connectivity index (χ1) is 11.7. The van der Waals surface area contributed by atoms with E-state index in [-0.39, 0.29) is 12.1 Å². The van der Waals surface area contributed by atoms with E-state index in [1.165, 1.54) is 11.3 Å². The Morgan fingerprint density at radius 2 is 2.38 bits per heavy atom. The van der Waals surface area contributed by atoms with Crippen molar-refractivity contribution < 1.29 is 9.53 Å². The second kappa shape index (κ2) is 7.76. The minimum Gasteiger partial charge on any atom is -0.378 e. The molecular formula is C16H23N5O2S. The first kappa shape index (κ1) is 16.9. The third-order valence-corrected chi connectivity index (χ3v) is 5.01. The van der Waals surface area contributed by atoms with Gasteiger partial charge in [-0.1, -0.05) is 0 Å². The van der Waals surface area contributed by atoms with Gasteiger partial charge in [0.1, 0.15) is 5.82 Å². The summed E-state index contributed by atoms with van der Waals surface area (Å²) in [7, 11) is 1.63. The van der Waals surface area contributed by atoms with E-state index < -0.39 is 0 Å². The highest BCUT2D eigenvalue weighted by molar-refractivity contribution is 7.13. The SMILES string of the molecule is CCn1ccnc1C1CCCCN1C(=O)Nc1nc(COC)cs1. The molecule has 1 N–H and O–H groups in total. The third kappa shape index (κ3) is 3.59. The summed E-state index contributed by atoms with van der Waals surface area (Å²) in [5.74, 6) is 0.964. The Bertz CT molecular complexity index is 684. The molecule has 7 nitrogen and oxygen atoms in total. The van der Waals surface area contributed by atoms with Crippen molar-refractivity contribution in [3.63, 3.8) is 0 Å². The molecule has 0 spiro atoms. The highest BCUT2D eigenvalue weighted by Crippen LogP contribution is 2.30. The molecule has 24 heavy (non-hydrogen) atoms. The fraction of sp³-hybridized carbons (Fsp3) is 0.562. The van der Waals surface area contributed by atoms with Crippen LogP contribution in [0, 0.1) is 0 Å². The monoisotopic (exact) mass is 349 g/mol. The molecule has 0 aliphatic carbocycles. The minimum absolute atomic E-state index is 0.0205. The first-order valence-corrected chi connectivity index (χ1v) is 9.13. The molecule has 2 aromatic rings. The van der Waals surface area contributed by atoms with E-state index >= 15 is 0 Å². The van der Waals surface area contributed by atoms with Crippen LogP contribution in [0.2, 0.25) is 0 Å². The predicted molar refractivity (Wildman–Crippen MR) is 93.0 cm³/mol. The molecule has 8 heteroatoms. The number of ether oxygens (including phenoxy) is 1. The number of thiazole rings is 1. The molecule has 3 heterocycles. The lowest BCUT2D eigenvalue weighted by atomic mass is 10.0. The zero-order chi connectivity index (χ0) is 16.9. The molecule has 3 rings (SSSR count). The number of hydrogen-bond donors (Lipinski definition) is 1. The number of nitrogens with zero attached hydrogens (tertiary/aromatic N) is 4. The topological polar surface area (TPSA) is 72.3 Å². The van der Waals surface area contributed by atoms with Crippen LogP contribution in [0.3, 0.4) is 0 Å². The second-order valence-corrected chi connectivity index (χ2v) is 6.64. The number of aryl methyl sites for hydroxylation is 1. The minimum atomic E-state index is -0.108. The maximum atomic E-state index is 12.8. The Hall–Kier alpha value is -1.93. The van der Waals surface area contributed by atoms with Crippen LogP contribution in [0.4, 0.5) is 9.93 Å². The Morgan fingerprint density at radius 1 is 1.50 bits per heavy atom. The van der Waals surface area contributed by atoms with Crippen LogP contribution in [0.15, 0.2) is 17.8 Å². The average Bonchev–Trinajstić information content (AvgIpc) is 3.24. The van der Waals surface area contributed by atoms with Crippen molar-refractivity contribution in [3.05, 3.63) is 29.3 Å². The summed E-state index contributed by atoms with van der Waals surface area (Å²) >= 11 is 1.42. The van der Waals surface area contributed by atoms with Gasteiger partial charge < -0.3 is 14.2 Å². The van der Waals surface area contributed by atoms with E-state index in [1.54, 1.807) is 13.3 Å². The number of hydrogen-bond acceptors (Lipinski definition) is 5. The van der Waals surface area contributed by atoms with Gasteiger partial charge in [-0.05, 0) is 26.2 Å². The number of amides is 2. The third-order valence-electron chi connectivity index (χ3n) is 4.21. The standard InChI is InChI=1S/C16H23N5O2S/c1-3-20-9-7-17-14(20)13-6-4-5-8-21(13)16(22)19-15-18-12(10-23-2)11-24-15/h7,9,11,13H,3-6,8,10H2,1-2H3,(H,18,19,22). The van der Waals surface area contributed by atoms with Gasteiger partial charge in [-0.25, -0.2) is 14.8 Å². The number of carbonyl (C=O) groups is 1. The molecule has 0 saturated carbocycles. The van der Waals surface area contributed by atoms with E-state index in [1.807, 2.05) is 16.5 Å². The molecule has 130 valence electrons. The second-order valence-electron chi connectivity index (χ2n) is 5.78. The van der Waals surface area contributed by atoms with Crippen molar-refractivity contribution in [3.8, 4) is 0 Å². The van der Waals surface area contributed by atoms with Gasteiger partial charge in [-0.2, -0.15) is 0 Å². The van der Waals surface area contributed by atoms with Crippen molar-refractivity contribution in [2.45, 2.75) is 45.4 Å². The summed E-state index contributed by atoms with van der Waals surface area (Å²) in [6, 6.07) is -0.0872. The van der Waals surface area contributed by atoms with Crippen molar-refractivity contribution in [2.24, 2.45) is 0 Å². The quantitative estimate of drug-likeness (QED) is 0.899. The molecule has 1 aliphatic heterocycles. The molecule has 2 amide bonds. The van der Waals surface area contributed by atoms with Gasteiger partial charge in [0.2, 0.25) is 0 Å². The number of anilines is 1. The molecule has 1 unspecified atom stereocenters. The molecule has 0 bridgehead atoms. The lowest BCUT2D eigenvalue weighted by Crippen LogP contribution is -2.42. The van der Waals surface area contributed by atoms with Crippen molar-refractivity contribution >= 4 is 22.5 Å². The van der Waals surface area contributed by atoms with Gasteiger partial charge >= 0.3 is 6.03 Å². The lowest BCUT2D eigenvalue weighted by Gasteiger charge is -2.35. The summed E-state index contributed by atoms with van der Waals surface area (Å²) in [6.07, 6.45) is 6.85. The highest BCUT2D eigenvalue weighted by Gasteiger charge is 2.31. The number of methoxy groups -OCH3 is 1. The summed E-state index contributed by atoms with van der Waals surface area (Å²) in [4.78, 5) is 23.5. The average molecular weight is 349 g/mol. The van der Waals surface area contributed by atoms with Crippen LogP contribution in [-0.4, -0.2) is 39.1 Å². The van der Waals surface area contributed by atoms with Crippen LogP contribution >= 0.6 is 11.3 Å². The smallest absolute Gasteiger partial charge is 0.324 e. The van der Waals surface area contributed by atoms with Crippen LogP contribution in [0.1, 0.15) is 43.7 Å². The van der Waals surface area contributed by atoms with Crippen LogP contribution in [-0.2, 0) is 17.9 Å². The van der Waals surface area contributed by atoms with E-state index in [4.69, 9.17) is 4.74 Å². The molecule has 1 saturated heterocycles. The Morgan fingerprint density at radius 3 is 3.17 bits per heavy atom. The molecule has 1 fully saturated rings. The molecule has 2 aromatic heterocycles. The highest BCUT2D eigenvalue weighted by atomic mass is 32.1. The predicted octanol–water partition coefficient (Wildman–Crippen LogP) is 3.27. The lowest BCUT2D eigenvalue weighted by molar-refractivity contribution is 0.157. The van der Waals surface area contributed by atoms with Crippen LogP contribution in [0.5, 0.6) is 0 Å². The molecular weight excluding hydrogens is 326 g/mol. The number of rotatable bonds is 5. The first-order valence-electron chi connectivity index (χ1n) is 8.25.